The van der Waals surface area contributed by atoms with Gasteiger partial charge in [-0.15, -0.1) is 11.3 Å². The molecule has 11 heteroatoms. The predicted octanol–water partition coefficient (Wildman–Crippen LogP) is 2.76. The van der Waals surface area contributed by atoms with Gasteiger partial charge in [0, 0.05) is 13.6 Å². The number of rotatable bonds is 5. The van der Waals surface area contributed by atoms with E-state index in [9.17, 15) is 18.0 Å². The molecule has 3 heterocycles. The van der Waals surface area contributed by atoms with E-state index < -0.39 is 27.9 Å². The fourth-order valence-electron chi connectivity index (χ4n) is 3.55. The lowest BCUT2D eigenvalue weighted by molar-refractivity contribution is -0.121. The zero-order chi connectivity index (χ0) is 22.2. The Balaban J connectivity index is 1.67. The van der Waals surface area contributed by atoms with E-state index in [1.165, 1.54) is 15.6 Å². The van der Waals surface area contributed by atoms with Gasteiger partial charge in [-0.1, -0.05) is 17.4 Å². The second-order valence-corrected chi connectivity index (χ2v) is 11.1. The second-order valence-electron chi connectivity index (χ2n) is 7.00. The Morgan fingerprint density at radius 1 is 1.29 bits per heavy atom. The molecular formula is C20H21N3O5S3. The van der Waals surface area contributed by atoms with Crippen LogP contribution in [0.3, 0.4) is 0 Å². The van der Waals surface area contributed by atoms with Crippen LogP contribution in [-0.2, 0) is 26.6 Å². The van der Waals surface area contributed by atoms with Crippen LogP contribution < -0.4 is 4.80 Å². The molecule has 1 atom stereocenters. The maximum Gasteiger partial charge on any atom is 0.338 e. The highest BCUT2D eigenvalue weighted by Crippen LogP contribution is 2.29. The maximum atomic E-state index is 13.0. The van der Waals surface area contributed by atoms with Crippen molar-refractivity contribution >= 4 is 54.8 Å². The Bertz CT molecular complexity index is 1310. The molecule has 8 nitrogen and oxygen atoms in total. The van der Waals surface area contributed by atoms with E-state index in [2.05, 4.69) is 4.99 Å². The molecule has 0 N–H and O–H groups in total. The van der Waals surface area contributed by atoms with Crippen molar-refractivity contribution in [3.05, 3.63) is 46.1 Å². The van der Waals surface area contributed by atoms with E-state index in [1.54, 1.807) is 54.3 Å². The van der Waals surface area contributed by atoms with Crippen LogP contribution in [0.25, 0.3) is 10.2 Å². The number of hydrogen-bond donors (Lipinski definition) is 0. The molecule has 1 amide bonds. The summed E-state index contributed by atoms with van der Waals surface area (Å²) in [4.78, 5) is 29.7. The van der Waals surface area contributed by atoms with Crippen LogP contribution in [0.4, 0.5) is 0 Å². The van der Waals surface area contributed by atoms with Crippen LogP contribution in [0.15, 0.2) is 44.9 Å². The molecule has 0 aliphatic carbocycles. The number of aryl methyl sites for hydroxylation is 1. The van der Waals surface area contributed by atoms with Crippen molar-refractivity contribution in [2.75, 3.05) is 13.2 Å². The Hall–Kier alpha value is -2.34. The quantitative estimate of drug-likeness (QED) is 0.524. The van der Waals surface area contributed by atoms with Crippen LogP contribution >= 0.6 is 22.7 Å². The zero-order valence-electron chi connectivity index (χ0n) is 17.0. The Labute approximate surface area is 187 Å². The molecule has 1 aliphatic rings. The molecule has 31 heavy (non-hydrogen) atoms. The van der Waals surface area contributed by atoms with Crippen molar-refractivity contribution < 1.29 is 22.7 Å². The van der Waals surface area contributed by atoms with Crippen molar-refractivity contribution in [2.24, 2.45) is 12.0 Å². The molecular weight excluding hydrogens is 458 g/mol. The van der Waals surface area contributed by atoms with E-state index in [1.807, 2.05) is 0 Å². The molecule has 2 aromatic heterocycles. The summed E-state index contributed by atoms with van der Waals surface area (Å²) in [5.41, 5.74) is 1.25. The third-order valence-corrected chi connectivity index (χ3v) is 9.45. The molecule has 3 aromatic rings. The third kappa shape index (κ3) is 4.10. The summed E-state index contributed by atoms with van der Waals surface area (Å²) in [6.45, 7) is 2.33. The number of nitrogens with zero attached hydrogens (tertiary/aromatic N) is 3. The number of benzene rings is 1. The highest BCUT2D eigenvalue weighted by Gasteiger charge is 2.39. The topological polar surface area (TPSA) is 98.0 Å². The summed E-state index contributed by atoms with van der Waals surface area (Å²) in [5.74, 6) is -0.888. The summed E-state index contributed by atoms with van der Waals surface area (Å²) in [7, 11) is -1.94. The molecule has 1 aliphatic heterocycles. The Morgan fingerprint density at radius 2 is 2.10 bits per heavy atom. The van der Waals surface area contributed by atoms with Gasteiger partial charge in [-0.3, -0.25) is 4.79 Å². The summed E-state index contributed by atoms with van der Waals surface area (Å²) in [6.07, 6.45) is 1.05. The van der Waals surface area contributed by atoms with E-state index in [-0.39, 0.29) is 10.8 Å². The molecule has 0 saturated carbocycles. The van der Waals surface area contributed by atoms with E-state index in [0.717, 1.165) is 21.6 Å². The standard InChI is InChI=1S/C20H21N3O5S3/c1-3-28-19(25)13-8-9-14-16(12-13)30-20(22(14)2)21-18(24)15-6-4-10-23(15)31(26,27)17-7-5-11-29-17/h5,7-9,11-12,15H,3-4,6,10H2,1-2H3. The van der Waals surface area contributed by atoms with Gasteiger partial charge in [0.2, 0.25) is 0 Å². The summed E-state index contributed by atoms with van der Waals surface area (Å²) < 4.78 is 34.9. The number of sulfonamides is 1. The Morgan fingerprint density at radius 3 is 2.81 bits per heavy atom. The lowest BCUT2D eigenvalue weighted by Gasteiger charge is -2.20. The molecule has 0 radical (unpaired) electrons. The lowest BCUT2D eigenvalue weighted by Crippen LogP contribution is -2.40. The molecule has 164 valence electrons. The Kier molecular flexibility index (Phi) is 6.11. The first kappa shape index (κ1) is 21.9. The van der Waals surface area contributed by atoms with Crippen molar-refractivity contribution in [2.45, 2.75) is 30.0 Å². The van der Waals surface area contributed by atoms with Crippen LogP contribution in [0.5, 0.6) is 0 Å². The summed E-state index contributed by atoms with van der Waals surface area (Å²) in [6, 6.07) is 7.58. The van der Waals surface area contributed by atoms with Crippen LogP contribution in [0, 0.1) is 0 Å². The second kappa shape index (κ2) is 8.65. The van der Waals surface area contributed by atoms with Crippen molar-refractivity contribution in [1.29, 1.82) is 0 Å². The number of fused-ring (bicyclic) bond motifs is 1. The number of esters is 1. The van der Waals surface area contributed by atoms with Gasteiger partial charge >= 0.3 is 5.97 Å². The smallest absolute Gasteiger partial charge is 0.338 e. The van der Waals surface area contributed by atoms with Crippen molar-refractivity contribution in [1.82, 2.24) is 8.87 Å². The van der Waals surface area contributed by atoms with Gasteiger partial charge < -0.3 is 9.30 Å². The van der Waals surface area contributed by atoms with E-state index >= 15 is 0 Å². The average molecular weight is 480 g/mol. The molecule has 1 unspecified atom stereocenters. The number of ether oxygens (including phenoxy) is 1. The van der Waals surface area contributed by atoms with Gasteiger partial charge in [-0.25, -0.2) is 13.2 Å². The van der Waals surface area contributed by atoms with Gasteiger partial charge in [0.1, 0.15) is 10.3 Å². The monoisotopic (exact) mass is 479 g/mol. The average Bonchev–Trinajstić information content (AvgIpc) is 3.49. The molecule has 1 saturated heterocycles. The fourth-order valence-corrected chi connectivity index (χ4v) is 7.38. The van der Waals surface area contributed by atoms with Crippen molar-refractivity contribution in [3.8, 4) is 0 Å². The van der Waals surface area contributed by atoms with Crippen LogP contribution in [-0.4, -0.2) is 48.4 Å². The largest absolute Gasteiger partial charge is 0.462 e. The number of thiophene rings is 1. The van der Waals surface area contributed by atoms with Gasteiger partial charge in [-0.2, -0.15) is 9.30 Å². The first-order chi connectivity index (χ1) is 14.8. The van der Waals surface area contributed by atoms with Crippen LogP contribution in [0.1, 0.15) is 30.1 Å². The fraction of sp³-hybridized carbons (Fsp3) is 0.350. The highest BCUT2D eigenvalue weighted by atomic mass is 32.2. The molecule has 1 fully saturated rings. The molecule has 1 aromatic carbocycles. The zero-order valence-corrected chi connectivity index (χ0v) is 19.4. The maximum absolute atomic E-state index is 13.0. The molecule has 0 bridgehead atoms. The van der Waals surface area contributed by atoms with Gasteiger partial charge in [0.25, 0.3) is 15.9 Å². The number of hydrogen-bond acceptors (Lipinski definition) is 7. The number of thiazole rings is 1. The summed E-state index contributed by atoms with van der Waals surface area (Å²) in [5, 5.41) is 1.70. The minimum atomic E-state index is -3.72. The van der Waals surface area contributed by atoms with Crippen LogP contribution in [0.2, 0.25) is 0 Å². The highest BCUT2D eigenvalue weighted by molar-refractivity contribution is 7.91. The summed E-state index contributed by atoms with van der Waals surface area (Å²) >= 11 is 2.40. The first-order valence-electron chi connectivity index (χ1n) is 9.73. The molecule has 4 rings (SSSR count). The lowest BCUT2D eigenvalue weighted by atomic mass is 10.2. The molecule has 0 spiro atoms. The normalized spacial score (nSPS) is 18.0. The SMILES string of the molecule is CCOC(=O)c1ccc2c(c1)sc(=NC(=O)C1CCCN1S(=O)(=O)c1cccs1)n2C. The predicted molar refractivity (Wildman–Crippen MR) is 119 cm³/mol. The van der Waals surface area contributed by atoms with Gasteiger partial charge in [0.15, 0.2) is 4.80 Å². The van der Waals surface area contributed by atoms with Crippen molar-refractivity contribution in [3.63, 3.8) is 0 Å². The third-order valence-electron chi connectivity index (χ3n) is 5.07. The number of aromatic nitrogens is 1. The minimum absolute atomic E-state index is 0.228. The first-order valence-corrected chi connectivity index (χ1v) is 12.9. The number of amides is 1. The van der Waals surface area contributed by atoms with E-state index in [4.69, 9.17) is 4.74 Å². The number of carbonyl (C=O) groups is 2. The van der Waals surface area contributed by atoms with Gasteiger partial charge in [-0.05, 0) is 49.4 Å². The number of carbonyl (C=O) groups excluding carboxylic acids is 2. The minimum Gasteiger partial charge on any atom is -0.462 e. The van der Waals surface area contributed by atoms with Gasteiger partial charge in [0.05, 0.1) is 22.4 Å². The van der Waals surface area contributed by atoms with E-state index in [0.29, 0.717) is 29.8 Å².